The predicted molar refractivity (Wildman–Crippen MR) is 81.3 cm³/mol. The molecule has 0 aliphatic rings. The first-order valence-corrected chi connectivity index (χ1v) is 6.96. The van der Waals surface area contributed by atoms with Crippen molar-refractivity contribution in [2.75, 3.05) is 18.5 Å². The number of nitrogens with zero attached hydrogens (tertiary/aromatic N) is 2. The van der Waals surface area contributed by atoms with Gasteiger partial charge >= 0.3 is 0 Å². The monoisotopic (exact) mass is 271 g/mol. The molecule has 0 unspecified atom stereocenters. The topological polar surface area (TPSA) is 47.0 Å². The van der Waals surface area contributed by atoms with E-state index in [9.17, 15) is 0 Å². The zero-order valence-corrected chi connectivity index (χ0v) is 12.3. The van der Waals surface area contributed by atoms with Crippen molar-refractivity contribution >= 4 is 5.82 Å². The van der Waals surface area contributed by atoms with Crippen molar-refractivity contribution in [3.8, 4) is 5.75 Å². The van der Waals surface area contributed by atoms with Crippen LogP contribution in [0.1, 0.15) is 24.0 Å². The molecule has 2 rings (SSSR count). The Labute approximate surface area is 120 Å². The molecule has 4 heteroatoms. The highest BCUT2D eigenvalue weighted by atomic mass is 16.5. The highest BCUT2D eigenvalue weighted by molar-refractivity contribution is 5.38. The summed E-state index contributed by atoms with van der Waals surface area (Å²) < 4.78 is 5.62. The lowest BCUT2D eigenvalue weighted by atomic mass is 10.1. The number of para-hydroxylation sites is 1. The molecule has 0 aliphatic heterocycles. The number of aromatic nitrogens is 2. The van der Waals surface area contributed by atoms with Gasteiger partial charge in [0.2, 0.25) is 0 Å². The van der Waals surface area contributed by atoms with Gasteiger partial charge in [-0.1, -0.05) is 18.2 Å². The molecule has 0 saturated carbocycles. The lowest BCUT2D eigenvalue weighted by Crippen LogP contribution is -2.09. The van der Waals surface area contributed by atoms with Gasteiger partial charge in [0.25, 0.3) is 0 Å². The number of rotatable bonds is 6. The molecule has 0 radical (unpaired) electrons. The Morgan fingerprint density at radius 3 is 2.70 bits per heavy atom. The second-order valence-corrected chi connectivity index (χ2v) is 4.66. The van der Waals surface area contributed by atoms with Crippen LogP contribution in [0.2, 0.25) is 0 Å². The molecule has 4 nitrogen and oxygen atoms in total. The minimum Gasteiger partial charge on any atom is -0.494 e. The van der Waals surface area contributed by atoms with Crippen LogP contribution < -0.4 is 10.1 Å². The summed E-state index contributed by atoms with van der Waals surface area (Å²) in [5.41, 5.74) is 2.19. The average Bonchev–Trinajstić information content (AvgIpc) is 2.40. The third kappa shape index (κ3) is 3.95. The summed E-state index contributed by atoms with van der Waals surface area (Å²) >= 11 is 0. The van der Waals surface area contributed by atoms with Gasteiger partial charge in [-0.15, -0.1) is 0 Å². The maximum atomic E-state index is 5.62. The van der Waals surface area contributed by atoms with Gasteiger partial charge < -0.3 is 10.1 Å². The third-order valence-electron chi connectivity index (χ3n) is 2.94. The Bertz CT molecular complexity index is 549. The zero-order chi connectivity index (χ0) is 14.4. The van der Waals surface area contributed by atoms with E-state index in [0.717, 1.165) is 36.1 Å². The van der Waals surface area contributed by atoms with Gasteiger partial charge in [0.15, 0.2) is 0 Å². The van der Waals surface area contributed by atoms with Crippen LogP contribution in [0.15, 0.2) is 30.3 Å². The molecule has 0 spiro atoms. The van der Waals surface area contributed by atoms with E-state index in [4.69, 9.17) is 4.74 Å². The van der Waals surface area contributed by atoms with Gasteiger partial charge in [0, 0.05) is 18.3 Å². The van der Waals surface area contributed by atoms with Gasteiger partial charge in [-0.3, -0.25) is 0 Å². The molecule has 0 amide bonds. The Kier molecular flexibility index (Phi) is 4.93. The van der Waals surface area contributed by atoms with Crippen LogP contribution >= 0.6 is 0 Å². The SMILES string of the molecule is CCOc1ccccc1CCNc1cc(C)nc(C)n1. The number of hydrogen-bond acceptors (Lipinski definition) is 4. The van der Waals surface area contributed by atoms with Gasteiger partial charge in [-0.05, 0) is 38.8 Å². The molecular weight excluding hydrogens is 250 g/mol. The van der Waals surface area contributed by atoms with Crippen LogP contribution in [-0.4, -0.2) is 23.1 Å². The van der Waals surface area contributed by atoms with E-state index >= 15 is 0 Å². The van der Waals surface area contributed by atoms with E-state index in [0.29, 0.717) is 6.61 Å². The maximum absolute atomic E-state index is 5.62. The number of nitrogens with one attached hydrogen (secondary N) is 1. The zero-order valence-electron chi connectivity index (χ0n) is 12.3. The first kappa shape index (κ1) is 14.3. The van der Waals surface area contributed by atoms with Crippen molar-refractivity contribution in [2.45, 2.75) is 27.2 Å². The molecule has 1 heterocycles. The second-order valence-electron chi connectivity index (χ2n) is 4.66. The number of anilines is 1. The molecule has 0 bridgehead atoms. The van der Waals surface area contributed by atoms with E-state index in [1.165, 1.54) is 5.56 Å². The van der Waals surface area contributed by atoms with Gasteiger partial charge in [-0.25, -0.2) is 9.97 Å². The molecule has 2 aromatic rings. The highest BCUT2D eigenvalue weighted by Gasteiger charge is 2.03. The first-order valence-electron chi connectivity index (χ1n) is 6.96. The van der Waals surface area contributed by atoms with Gasteiger partial charge in [0.05, 0.1) is 6.61 Å². The van der Waals surface area contributed by atoms with Crippen LogP contribution in [0.5, 0.6) is 5.75 Å². The minimum absolute atomic E-state index is 0.689. The smallest absolute Gasteiger partial charge is 0.129 e. The molecule has 0 saturated heterocycles. The molecule has 0 aliphatic carbocycles. The Balaban J connectivity index is 1.95. The second kappa shape index (κ2) is 6.89. The predicted octanol–water partition coefficient (Wildman–Crippen LogP) is 3.15. The lowest BCUT2D eigenvalue weighted by Gasteiger charge is -2.11. The van der Waals surface area contributed by atoms with Crippen LogP contribution in [0.25, 0.3) is 0 Å². The summed E-state index contributed by atoms with van der Waals surface area (Å²) in [4.78, 5) is 8.64. The fourth-order valence-electron chi connectivity index (χ4n) is 2.14. The summed E-state index contributed by atoms with van der Waals surface area (Å²) in [6.07, 6.45) is 0.901. The van der Waals surface area contributed by atoms with E-state index in [-0.39, 0.29) is 0 Å². The van der Waals surface area contributed by atoms with Crippen molar-refractivity contribution in [3.63, 3.8) is 0 Å². The summed E-state index contributed by atoms with van der Waals surface area (Å²) in [5.74, 6) is 2.64. The van der Waals surface area contributed by atoms with Crippen molar-refractivity contribution in [3.05, 3.63) is 47.4 Å². The third-order valence-corrected chi connectivity index (χ3v) is 2.94. The van der Waals surface area contributed by atoms with Gasteiger partial charge in [-0.2, -0.15) is 0 Å². The Morgan fingerprint density at radius 1 is 1.15 bits per heavy atom. The number of hydrogen-bond donors (Lipinski definition) is 1. The quantitative estimate of drug-likeness (QED) is 0.876. The van der Waals surface area contributed by atoms with E-state index in [1.807, 2.05) is 45.0 Å². The summed E-state index contributed by atoms with van der Waals surface area (Å²) in [5, 5.41) is 3.34. The van der Waals surface area contributed by atoms with Crippen molar-refractivity contribution < 1.29 is 4.74 Å². The summed E-state index contributed by atoms with van der Waals surface area (Å²) in [6, 6.07) is 10.1. The number of aryl methyl sites for hydroxylation is 2. The molecule has 0 atom stereocenters. The highest BCUT2D eigenvalue weighted by Crippen LogP contribution is 2.18. The van der Waals surface area contributed by atoms with Crippen LogP contribution in [-0.2, 0) is 6.42 Å². The standard InChI is InChI=1S/C16H21N3O/c1-4-20-15-8-6-5-7-14(15)9-10-17-16-11-12(2)18-13(3)19-16/h5-8,11H,4,9-10H2,1-3H3,(H,17,18,19). The van der Waals surface area contributed by atoms with Crippen molar-refractivity contribution in [1.82, 2.24) is 9.97 Å². The molecule has 1 N–H and O–H groups in total. The van der Waals surface area contributed by atoms with Crippen LogP contribution in [0.4, 0.5) is 5.82 Å². The fraction of sp³-hybridized carbons (Fsp3) is 0.375. The number of ether oxygens (including phenoxy) is 1. The van der Waals surface area contributed by atoms with Crippen LogP contribution in [0.3, 0.4) is 0 Å². The molecule has 1 aromatic carbocycles. The molecular formula is C16H21N3O. The molecule has 20 heavy (non-hydrogen) atoms. The van der Waals surface area contributed by atoms with E-state index in [1.54, 1.807) is 0 Å². The normalized spacial score (nSPS) is 10.3. The molecule has 0 fully saturated rings. The molecule has 106 valence electrons. The minimum atomic E-state index is 0.689. The summed E-state index contributed by atoms with van der Waals surface area (Å²) in [6.45, 7) is 7.39. The van der Waals surface area contributed by atoms with Crippen LogP contribution in [0, 0.1) is 13.8 Å². The number of benzene rings is 1. The fourth-order valence-corrected chi connectivity index (χ4v) is 2.14. The summed E-state index contributed by atoms with van der Waals surface area (Å²) in [7, 11) is 0. The van der Waals surface area contributed by atoms with E-state index < -0.39 is 0 Å². The Hall–Kier alpha value is -2.10. The average molecular weight is 271 g/mol. The van der Waals surface area contributed by atoms with E-state index in [2.05, 4.69) is 21.4 Å². The maximum Gasteiger partial charge on any atom is 0.129 e. The molecule has 1 aromatic heterocycles. The largest absolute Gasteiger partial charge is 0.494 e. The Morgan fingerprint density at radius 2 is 1.95 bits per heavy atom. The van der Waals surface area contributed by atoms with Crippen molar-refractivity contribution in [1.29, 1.82) is 0 Å². The lowest BCUT2D eigenvalue weighted by molar-refractivity contribution is 0.336. The van der Waals surface area contributed by atoms with Crippen molar-refractivity contribution in [2.24, 2.45) is 0 Å². The first-order chi connectivity index (χ1) is 9.69. The van der Waals surface area contributed by atoms with Gasteiger partial charge in [0.1, 0.15) is 17.4 Å².